The van der Waals surface area contributed by atoms with Crippen molar-refractivity contribution in [3.8, 4) is 5.75 Å². The van der Waals surface area contributed by atoms with Gasteiger partial charge in [0, 0.05) is 44.2 Å². The van der Waals surface area contributed by atoms with Crippen molar-refractivity contribution in [2.75, 3.05) is 19.7 Å². The Hall–Kier alpha value is -2.56. The van der Waals surface area contributed by atoms with E-state index in [4.69, 9.17) is 4.74 Å². The zero-order valence-electron chi connectivity index (χ0n) is 15.3. The number of ether oxygens (including phenoxy) is 1. The van der Waals surface area contributed by atoms with Crippen LogP contribution >= 0.6 is 0 Å². The number of amides is 1. The van der Waals surface area contributed by atoms with Crippen LogP contribution in [0.1, 0.15) is 24.8 Å². The standard InChI is InChI=1S/C21H26N2O3/c1-17-6-4-8-19(14-17)26-16-18-7-5-12-23(15-18)21(25)10-13-22-11-3-2-9-20(22)24/h2-4,6,8-9,11,14,18H,5,7,10,12-13,15-16H2,1H3/t18-/m0/s1. The quantitative estimate of drug-likeness (QED) is 0.801. The molecule has 1 amide bonds. The Morgan fingerprint density at radius 3 is 2.92 bits per heavy atom. The number of carbonyl (C=O) groups is 1. The number of aryl methyl sites for hydroxylation is 2. The SMILES string of the molecule is Cc1cccc(OC[C@H]2CCCN(C(=O)CCn3ccccc3=O)C2)c1. The molecule has 1 aliphatic rings. The molecule has 0 spiro atoms. The van der Waals surface area contributed by atoms with Crippen molar-refractivity contribution < 1.29 is 9.53 Å². The van der Waals surface area contributed by atoms with E-state index in [9.17, 15) is 9.59 Å². The fourth-order valence-corrected chi connectivity index (χ4v) is 3.37. The van der Waals surface area contributed by atoms with E-state index in [1.807, 2.05) is 42.2 Å². The van der Waals surface area contributed by atoms with Gasteiger partial charge in [-0.25, -0.2) is 0 Å². The van der Waals surface area contributed by atoms with Crippen LogP contribution in [-0.4, -0.2) is 35.1 Å². The first-order valence-corrected chi connectivity index (χ1v) is 9.24. The van der Waals surface area contributed by atoms with Crippen molar-refractivity contribution in [2.45, 2.75) is 32.7 Å². The fourth-order valence-electron chi connectivity index (χ4n) is 3.37. The third kappa shape index (κ3) is 4.97. The number of nitrogens with zero attached hydrogens (tertiary/aromatic N) is 2. The van der Waals surface area contributed by atoms with E-state index in [0.29, 0.717) is 25.5 Å². The lowest BCUT2D eigenvalue weighted by Gasteiger charge is -2.32. The molecule has 2 aromatic rings. The van der Waals surface area contributed by atoms with Gasteiger partial charge in [0.25, 0.3) is 5.56 Å². The predicted molar refractivity (Wildman–Crippen MR) is 101 cm³/mol. The lowest BCUT2D eigenvalue weighted by atomic mass is 9.98. The first-order chi connectivity index (χ1) is 12.6. The number of carbonyl (C=O) groups excluding carboxylic acids is 1. The smallest absolute Gasteiger partial charge is 0.250 e. The molecule has 1 aromatic carbocycles. The molecule has 3 rings (SSSR count). The van der Waals surface area contributed by atoms with Crippen LogP contribution in [0.15, 0.2) is 53.5 Å². The van der Waals surface area contributed by atoms with Gasteiger partial charge in [0.15, 0.2) is 0 Å². The summed E-state index contributed by atoms with van der Waals surface area (Å²) in [5, 5.41) is 0. The average Bonchev–Trinajstić information content (AvgIpc) is 2.66. The van der Waals surface area contributed by atoms with Crippen molar-refractivity contribution in [2.24, 2.45) is 5.92 Å². The molecule has 1 fully saturated rings. The van der Waals surface area contributed by atoms with Gasteiger partial charge in [-0.1, -0.05) is 18.2 Å². The van der Waals surface area contributed by atoms with Crippen LogP contribution in [0.5, 0.6) is 5.75 Å². The highest BCUT2D eigenvalue weighted by molar-refractivity contribution is 5.76. The van der Waals surface area contributed by atoms with Crippen LogP contribution < -0.4 is 10.3 Å². The summed E-state index contributed by atoms with van der Waals surface area (Å²) in [4.78, 5) is 26.2. The molecule has 0 radical (unpaired) electrons. The van der Waals surface area contributed by atoms with Crippen LogP contribution in [-0.2, 0) is 11.3 Å². The lowest BCUT2D eigenvalue weighted by molar-refractivity contribution is -0.133. The Morgan fingerprint density at radius 1 is 1.23 bits per heavy atom. The Morgan fingerprint density at radius 2 is 2.12 bits per heavy atom. The first kappa shape index (κ1) is 18.2. The molecule has 138 valence electrons. The number of hydrogen-bond acceptors (Lipinski definition) is 3. The van der Waals surface area contributed by atoms with Gasteiger partial charge >= 0.3 is 0 Å². The summed E-state index contributed by atoms with van der Waals surface area (Å²) >= 11 is 0. The molecule has 1 aromatic heterocycles. The number of likely N-dealkylation sites (tertiary alicyclic amines) is 1. The van der Waals surface area contributed by atoms with Crippen LogP contribution in [0.4, 0.5) is 0 Å². The summed E-state index contributed by atoms with van der Waals surface area (Å²) in [6.07, 6.45) is 4.16. The summed E-state index contributed by atoms with van der Waals surface area (Å²) in [6, 6.07) is 13.1. The van der Waals surface area contributed by atoms with Gasteiger partial charge in [-0.3, -0.25) is 9.59 Å². The molecule has 0 saturated carbocycles. The van der Waals surface area contributed by atoms with E-state index in [1.54, 1.807) is 16.8 Å². The number of hydrogen-bond donors (Lipinski definition) is 0. The molecular formula is C21H26N2O3. The van der Waals surface area contributed by atoms with Crippen LogP contribution in [0.3, 0.4) is 0 Å². The Balaban J connectivity index is 1.48. The van der Waals surface area contributed by atoms with E-state index >= 15 is 0 Å². The van der Waals surface area contributed by atoms with E-state index in [2.05, 4.69) is 0 Å². The van der Waals surface area contributed by atoms with E-state index in [1.165, 1.54) is 11.6 Å². The van der Waals surface area contributed by atoms with Crippen molar-refractivity contribution in [1.82, 2.24) is 9.47 Å². The number of rotatable bonds is 6. The van der Waals surface area contributed by atoms with Crippen molar-refractivity contribution in [3.63, 3.8) is 0 Å². The zero-order valence-corrected chi connectivity index (χ0v) is 15.3. The highest BCUT2D eigenvalue weighted by Gasteiger charge is 2.24. The first-order valence-electron chi connectivity index (χ1n) is 9.24. The van der Waals surface area contributed by atoms with Gasteiger partial charge in [-0.2, -0.15) is 0 Å². The van der Waals surface area contributed by atoms with Crippen LogP contribution in [0.2, 0.25) is 0 Å². The highest BCUT2D eigenvalue weighted by atomic mass is 16.5. The van der Waals surface area contributed by atoms with Gasteiger partial charge in [-0.15, -0.1) is 0 Å². The van der Waals surface area contributed by atoms with Crippen LogP contribution in [0.25, 0.3) is 0 Å². The minimum Gasteiger partial charge on any atom is -0.493 e. The Labute approximate surface area is 154 Å². The van der Waals surface area contributed by atoms with Gasteiger partial charge in [0.2, 0.25) is 5.91 Å². The summed E-state index contributed by atoms with van der Waals surface area (Å²) < 4.78 is 7.50. The fraction of sp³-hybridized carbons (Fsp3) is 0.429. The molecule has 1 atom stereocenters. The predicted octanol–water partition coefficient (Wildman–Crippen LogP) is 2.86. The highest BCUT2D eigenvalue weighted by Crippen LogP contribution is 2.20. The second kappa shape index (κ2) is 8.70. The third-order valence-corrected chi connectivity index (χ3v) is 4.81. The minimum absolute atomic E-state index is 0.0663. The van der Waals surface area contributed by atoms with Crippen molar-refractivity contribution in [1.29, 1.82) is 0 Å². The number of pyridine rings is 1. The monoisotopic (exact) mass is 354 g/mol. The summed E-state index contributed by atoms with van der Waals surface area (Å²) in [7, 11) is 0. The molecule has 1 aliphatic heterocycles. The molecule has 5 heteroatoms. The summed E-state index contributed by atoms with van der Waals surface area (Å²) in [5.41, 5.74) is 1.11. The van der Waals surface area contributed by atoms with Crippen molar-refractivity contribution in [3.05, 3.63) is 64.6 Å². The normalized spacial score (nSPS) is 17.1. The second-order valence-electron chi connectivity index (χ2n) is 6.96. The average molecular weight is 354 g/mol. The molecule has 5 nitrogen and oxygen atoms in total. The molecule has 0 N–H and O–H groups in total. The maximum atomic E-state index is 12.5. The largest absolute Gasteiger partial charge is 0.493 e. The van der Waals surface area contributed by atoms with Crippen LogP contribution in [0, 0.1) is 12.8 Å². The molecular weight excluding hydrogens is 328 g/mol. The molecule has 2 heterocycles. The molecule has 0 aliphatic carbocycles. The summed E-state index contributed by atoms with van der Waals surface area (Å²) in [6.45, 7) is 4.63. The minimum atomic E-state index is -0.0663. The topological polar surface area (TPSA) is 51.5 Å². The molecule has 0 unspecified atom stereocenters. The van der Waals surface area contributed by atoms with E-state index in [-0.39, 0.29) is 11.5 Å². The molecule has 1 saturated heterocycles. The summed E-state index contributed by atoms with van der Waals surface area (Å²) in [5.74, 6) is 1.35. The van der Waals surface area contributed by atoms with Gasteiger partial charge in [0.05, 0.1) is 6.61 Å². The number of benzene rings is 1. The van der Waals surface area contributed by atoms with Crippen molar-refractivity contribution >= 4 is 5.91 Å². The maximum Gasteiger partial charge on any atom is 0.250 e. The van der Waals surface area contributed by atoms with Gasteiger partial charge in [0.1, 0.15) is 5.75 Å². The van der Waals surface area contributed by atoms with Gasteiger partial charge in [-0.05, 0) is 43.5 Å². The molecule has 0 bridgehead atoms. The lowest BCUT2D eigenvalue weighted by Crippen LogP contribution is -2.42. The zero-order chi connectivity index (χ0) is 18.4. The van der Waals surface area contributed by atoms with E-state index < -0.39 is 0 Å². The Kier molecular flexibility index (Phi) is 6.10. The van der Waals surface area contributed by atoms with E-state index in [0.717, 1.165) is 31.7 Å². The molecule has 26 heavy (non-hydrogen) atoms. The third-order valence-electron chi connectivity index (χ3n) is 4.81. The second-order valence-corrected chi connectivity index (χ2v) is 6.96. The Bertz CT molecular complexity index is 800. The maximum absolute atomic E-state index is 12.5. The number of aromatic nitrogens is 1. The van der Waals surface area contributed by atoms with Gasteiger partial charge < -0.3 is 14.2 Å². The number of piperidine rings is 1.